The van der Waals surface area contributed by atoms with Gasteiger partial charge in [0, 0.05) is 30.3 Å². The van der Waals surface area contributed by atoms with Gasteiger partial charge in [-0.05, 0) is 30.4 Å². The molecule has 0 aliphatic carbocycles. The Morgan fingerprint density at radius 3 is 1.51 bits per heavy atom. The van der Waals surface area contributed by atoms with E-state index in [0.29, 0.717) is 5.92 Å². The minimum atomic E-state index is -0.0265. The van der Waals surface area contributed by atoms with Crippen LogP contribution in [0.15, 0.2) is 73.1 Å². The molecule has 1 aromatic heterocycles. The Morgan fingerprint density at radius 2 is 1.00 bits per heavy atom. The summed E-state index contributed by atoms with van der Waals surface area (Å²) in [6, 6.07) is 22.5. The van der Waals surface area contributed by atoms with E-state index in [0.717, 1.165) is 13.0 Å². The quantitative estimate of drug-likeness (QED) is 0.0690. The summed E-state index contributed by atoms with van der Waals surface area (Å²) in [6.07, 6.45) is 37.1. The van der Waals surface area contributed by atoms with E-state index in [1.165, 1.54) is 165 Å². The molecule has 0 saturated carbocycles. The molecule has 0 amide bonds. The van der Waals surface area contributed by atoms with Gasteiger partial charge in [-0.3, -0.25) is 0 Å². The number of benzene rings is 2. The first-order valence-electron chi connectivity index (χ1n) is 20.3. The highest BCUT2D eigenvalue weighted by molar-refractivity contribution is 5.33. The maximum absolute atomic E-state index is 5.15. The molecule has 1 heterocycles. The van der Waals surface area contributed by atoms with Crippen molar-refractivity contribution in [3.8, 4) is 0 Å². The number of hydrogen-bond acceptors (Lipinski definition) is 1. The van der Waals surface area contributed by atoms with E-state index >= 15 is 0 Å². The lowest BCUT2D eigenvalue weighted by Gasteiger charge is -2.39. The van der Waals surface area contributed by atoms with Gasteiger partial charge >= 0.3 is 0 Å². The van der Waals surface area contributed by atoms with Crippen LogP contribution in [0.2, 0.25) is 0 Å². The normalized spacial score (nSPS) is 13.5. The van der Waals surface area contributed by atoms with Crippen molar-refractivity contribution in [2.75, 3.05) is 0 Å². The van der Waals surface area contributed by atoms with Gasteiger partial charge in [-0.25, -0.2) is 4.98 Å². The molecule has 3 aromatic rings. The van der Waals surface area contributed by atoms with Gasteiger partial charge in [0.15, 0.2) is 0 Å². The van der Waals surface area contributed by atoms with Gasteiger partial charge in [0.2, 0.25) is 0 Å². The van der Waals surface area contributed by atoms with Crippen LogP contribution in [0, 0.1) is 0 Å². The molecule has 2 aromatic carbocycles. The zero-order valence-electron chi connectivity index (χ0n) is 31.1. The van der Waals surface area contributed by atoms with E-state index in [9.17, 15) is 0 Å². The summed E-state index contributed by atoms with van der Waals surface area (Å²) in [5.41, 5.74) is 2.84. The van der Waals surface area contributed by atoms with Crippen LogP contribution in [-0.4, -0.2) is 9.55 Å². The second-order valence-electron chi connectivity index (χ2n) is 14.8. The van der Waals surface area contributed by atoms with Crippen molar-refractivity contribution >= 4 is 0 Å². The van der Waals surface area contributed by atoms with E-state index in [2.05, 4.69) is 98.4 Å². The lowest BCUT2D eigenvalue weighted by atomic mass is 9.66. The summed E-state index contributed by atoms with van der Waals surface area (Å²) in [5.74, 6) is 1.69. The molecule has 0 N–H and O–H groups in total. The first kappa shape index (κ1) is 39.1. The molecule has 0 aliphatic rings. The zero-order chi connectivity index (χ0) is 33.3. The number of aryl methyl sites for hydroxylation is 1. The van der Waals surface area contributed by atoms with Crippen molar-refractivity contribution in [1.29, 1.82) is 0 Å². The predicted molar refractivity (Wildman–Crippen MR) is 206 cm³/mol. The Bertz CT molecular complexity index is 1120. The topological polar surface area (TPSA) is 17.8 Å². The molecule has 2 heteroatoms. The zero-order valence-corrected chi connectivity index (χ0v) is 31.1. The standard InChI is InChI=1S/C45H72N2/c1-4-6-8-10-12-14-16-18-20-22-30-36-43(45(3,42-34-28-25-29-35-42)40-41-32-26-24-27-33-41)44-46-37-39-47(44)38-31-23-21-19-17-15-13-11-9-7-5-2/h24-29,32-35,37,39,43H,4-23,30-31,36,38,40H2,1-3H3. The van der Waals surface area contributed by atoms with Crippen LogP contribution in [0.1, 0.15) is 191 Å². The number of unbranched alkanes of at least 4 members (excludes halogenated alkanes) is 20. The van der Waals surface area contributed by atoms with E-state index < -0.39 is 0 Å². The van der Waals surface area contributed by atoms with Crippen molar-refractivity contribution in [2.24, 2.45) is 0 Å². The molecule has 0 radical (unpaired) electrons. The Hall–Kier alpha value is -2.35. The van der Waals surface area contributed by atoms with Crippen LogP contribution >= 0.6 is 0 Å². The first-order chi connectivity index (χ1) is 23.2. The third-order valence-corrected chi connectivity index (χ3v) is 10.8. The number of hydrogen-bond donors (Lipinski definition) is 0. The molecular formula is C45H72N2. The van der Waals surface area contributed by atoms with Gasteiger partial charge in [0.05, 0.1) is 0 Å². The Labute approximate surface area is 291 Å². The lowest BCUT2D eigenvalue weighted by Crippen LogP contribution is -2.35. The van der Waals surface area contributed by atoms with Crippen molar-refractivity contribution in [2.45, 2.75) is 193 Å². The van der Waals surface area contributed by atoms with Crippen LogP contribution in [0.5, 0.6) is 0 Å². The highest BCUT2D eigenvalue weighted by Crippen LogP contribution is 2.44. The van der Waals surface area contributed by atoms with Crippen LogP contribution in [0.25, 0.3) is 0 Å². The molecule has 2 atom stereocenters. The van der Waals surface area contributed by atoms with Gasteiger partial charge in [-0.15, -0.1) is 0 Å². The second kappa shape index (κ2) is 24.7. The molecule has 0 saturated heterocycles. The maximum atomic E-state index is 5.15. The summed E-state index contributed by atoms with van der Waals surface area (Å²) in [5, 5.41) is 0. The van der Waals surface area contributed by atoms with E-state index in [1.54, 1.807) is 0 Å². The van der Waals surface area contributed by atoms with Gasteiger partial charge in [-0.1, -0.05) is 216 Å². The van der Waals surface area contributed by atoms with Gasteiger partial charge in [0.25, 0.3) is 0 Å². The molecule has 0 bridgehead atoms. The van der Waals surface area contributed by atoms with E-state index in [-0.39, 0.29) is 5.41 Å². The smallest absolute Gasteiger partial charge is 0.112 e. The highest BCUT2D eigenvalue weighted by Gasteiger charge is 2.39. The van der Waals surface area contributed by atoms with Gasteiger partial charge < -0.3 is 4.57 Å². The fourth-order valence-corrected chi connectivity index (χ4v) is 7.78. The summed E-state index contributed by atoms with van der Waals surface area (Å²) in [4.78, 5) is 5.15. The molecule has 47 heavy (non-hydrogen) atoms. The Balaban J connectivity index is 1.62. The van der Waals surface area contributed by atoms with Crippen molar-refractivity contribution in [3.05, 3.63) is 90.0 Å². The monoisotopic (exact) mass is 641 g/mol. The van der Waals surface area contributed by atoms with Crippen LogP contribution in [0.4, 0.5) is 0 Å². The third-order valence-electron chi connectivity index (χ3n) is 10.8. The number of imidazole rings is 1. The van der Waals surface area contributed by atoms with E-state index in [1.807, 2.05) is 0 Å². The fourth-order valence-electron chi connectivity index (χ4n) is 7.78. The Kier molecular flexibility index (Phi) is 20.6. The van der Waals surface area contributed by atoms with Crippen LogP contribution in [-0.2, 0) is 18.4 Å². The fraction of sp³-hybridized carbons (Fsp3) is 0.667. The number of rotatable bonds is 29. The summed E-state index contributed by atoms with van der Waals surface area (Å²) < 4.78 is 2.53. The van der Waals surface area contributed by atoms with Crippen LogP contribution < -0.4 is 0 Å². The maximum Gasteiger partial charge on any atom is 0.112 e. The number of aromatic nitrogens is 2. The molecule has 0 fully saturated rings. The number of nitrogens with zero attached hydrogens (tertiary/aromatic N) is 2. The molecule has 0 spiro atoms. The lowest BCUT2D eigenvalue weighted by molar-refractivity contribution is 0.321. The molecule has 0 aliphatic heterocycles. The second-order valence-corrected chi connectivity index (χ2v) is 14.8. The average Bonchev–Trinajstić information content (AvgIpc) is 3.56. The Morgan fingerprint density at radius 1 is 0.553 bits per heavy atom. The van der Waals surface area contributed by atoms with Crippen molar-refractivity contribution < 1.29 is 0 Å². The minimum absolute atomic E-state index is 0.0265. The largest absolute Gasteiger partial charge is 0.335 e. The molecule has 262 valence electrons. The van der Waals surface area contributed by atoms with Crippen molar-refractivity contribution in [1.82, 2.24) is 9.55 Å². The van der Waals surface area contributed by atoms with E-state index in [4.69, 9.17) is 4.98 Å². The van der Waals surface area contributed by atoms with Crippen LogP contribution in [0.3, 0.4) is 0 Å². The first-order valence-corrected chi connectivity index (χ1v) is 20.3. The average molecular weight is 641 g/mol. The summed E-state index contributed by atoms with van der Waals surface area (Å²) in [6.45, 7) is 8.23. The van der Waals surface area contributed by atoms with Gasteiger partial charge in [-0.2, -0.15) is 0 Å². The SMILES string of the molecule is CCCCCCCCCCCCCC(c1nccn1CCCCCCCCCCCCC)C(C)(Cc1ccccc1)c1ccccc1. The molecule has 3 rings (SSSR count). The molecule has 2 nitrogen and oxygen atoms in total. The summed E-state index contributed by atoms with van der Waals surface area (Å²) >= 11 is 0. The summed E-state index contributed by atoms with van der Waals surface area (Å²) in [7, 11) is 0. The van der Waals surface area contributed by atoms with Gasteiger partial charge in [0.1, 0.15) is 5.82 Å². The molecular weight excluding hydrogens is 569 g/mol. The minimum Gasteiger partial charge on any atom is -0.335 e. The van der Waals surface area contributed by atoms with Crippen molar-refractivity contribution in [3.63, 3.8) is 0 Å². The molecule has 2 unspecified atom stereocenters. The third kappa shape index (κ3) is 15.2. The highest BCUT2D eigenvalue weighted by atomic mass is 15.1. The predicted octanol–water partition coefficient (Wildman–Crippen LogP) is 14.2.